The van der Waals surface area contributed by atoms with Gasteiger partial charge in [-0.2, -0.15) is 0 Å². The van der Waals surface area contributed by atoms with E-state index in [-0.39, 0.29) is 11.9 Å². The molecule has 0 bridgehead atoms. The van der Waals surface area contributed by atoms with Crippen molar-refractivity contribution in [2.45, 2.75) is 38.6 Å². The molecule has 0 saturated carbocycles. The van der Waals surface area contributed by atoms with Gasteiger partial charge in [-0.05, 0) is 37.5 Å². The van der Waals surface area contributed by atoms with E-state index in [1.165, 1.54) is 6.42 Å². The first kappa shape index (κ1) is 14.7. The Kier molecular flexibility index (Phi) is 5.12. The summed E-state index contributed by atoms with van der Waals surface area (Å²) < 4.78 is 0. The van der Waals surface area contributed by atoms with Crippen LogP contribution in [0.4, 0.5) is 0 Å². The lowest BCUT2D eigenvalue weighted by atomic mass is 10.1. The lowest BCUT2D eigenvalue weighted by Crippen LogP contribution is -2.41. The first-order chi connectivity index (χ1) is 9.15. The van der Waals surface area contributed by atoms with E-state index in [1.54, 1.807) is 0 Å². The van der Waals surface area contributed by atoms with Crippen LogP contribution in [-0.4, -0.2) is 29.3 Å². The Morgan fingerprint density at radius 3 is 2.89 bits per heavy atom. The molecule has 1 saturated heterocycles. The number of rotatable bonds is 2. The van der Waals surface area contributed by atoms with Gasteiger partial charge in [0.25, 0.3) is 5.91 Å². The zero-order chi connectivity index (χ0) is 13.8. The molecule has 2 nitrogen and oxygen atoms in total. The van der Waals surface area contributed by atoms with Crippen molar-refractivity contribution in [3.8, 4) is 0 Å². The van der Waals surface area contributed by atoms with Crippen LogP contribution < -0.4 is 0 Å². The largest absolute Gasteiger partial charge is 0.334 e. The lowest BCUT2D eigenvalue weighted by molar-refractivity contribution is 0.0699. The van der Waals surface area contributed by atoms with Crippen molar-refractivity contribution in [1.29, 1.82) is 0 Å². The number of nitrogens with zero attached hydrogens (tertiary/aromatic N) is 1. The fourth-order valence-corrected chi connectivity index (χ4v) is 3.09. The van der Waals surface area contributed by atoms with Crippen molar-refractivity contribution in [3.05, 3.63) is 34.3 Å². The van der Waals surface area contributed by atoms with E-state index in [0.717, 1.165) is 31.4 Å². The van der Waals surface area contributed by atoms with Crippen molar-refractivity contribution >= 4 is 29.1 Å². The third-order valence-electron chi connectivity index (χ3n) is 3.81. The van der Waals surface area contributed by atoms with Crippen LogP contribution in [0.1, 0.15) is 41.6 Å². The third-order valence-corrected chi connectivity index (χ3v) is 4.58. The third kappa shape index (κ3) is 3.24. The van der Waals surface area contributed by atoms with Crippen LogP contribution >= 0.6 is 23.2 Å². The van der Waals surface area contributed by atoms with E-state index >= 15 is 0 Å². The van der Waals surface area contributed by atoms with Crippen LogP contribution in [0.25, 0.3) is 0 Å². The molecule has 104 valence electrons. The highest BCUT2D eigenvalue weighted by Gasteiger charge is 2.26. The number of carbonyl (C=O) groups is 1. The van der Waals surface area contributed by atoms with Gasteiger partial charge >= 0.3 is 0 Å². The highest BCUT2D eigenvalue weighted by Crippen LogP contribution is 2.24. The predicted octanol–water partition coefficient (Wildman–Crippen LogP) is 4.27. The van der Waals surface area contributed by atoms with Gasteiger partial charge in [-0.25, -0.2) is 0 Å². The minimum Gasteiger partial charge on any atom is -0.334 e. The molecule has 0 aliphatic carbocycles. The Morgan fingerprint density at radius 1 is 1.37 bits per heavy atom. The number of hydrogen-bond donors (Lipinski definition) is 0. The van der Waals surface area contributed by atoms with E-state index in [2.05, 4.69) is 0 Å². The topological polar surface area (TPSA) is 20.3 Å². The minimum atomic E-state index is 0.0625. The van der Waals surface area contributed by atoms with Crippen LogP contribution in [0.3, 0.4) is 0 Å². The van der Waals surface area contributed by atoms with E-state index in [0.29, 0.717) is 16.5 Å². The monoisotopic (exact) mass is 299 g/mol. The van der Waals surface area contributed by atoms with Crippen LogP contribution in [0.15, 0.2) is 18.2 Å². The van der Waals surface area contributed by atoms with Gasteiger partial charge in [0.2, 0.25) is 0 Å². The summed E-state index contributed by atoms with van der Waals surface area (Å²) in [7, 11) is 0. The zero-order valence-corrected chi connectivity index (χ0v) is 12.7. The number of halogens is 2. The second kappa shape index (κ2) is 6.62. The summed E-state index contributed by atoms with van der Waals surface area (Å²) in [6, 6.07) is 5.64. The van der Waals surface area contributed by atoms with Gasteiger partial charge in [0.1, 0.15) is 0 Å². The molecule has 1 aromatic rings. The van der Waals surface area contributed by atoms with E-state index < -0.39 is 0 Å². The van der Waals surface area contributed by atoms with Gasteiger partial charge < -0.3 is 4.90 Å². The molecule has 1 aliphatic rings. The molecule has 1 atom stereocenters. The molecule has 1 amide bonds. The quantitative estimate of drug-likeness (QED) is 0.747. The van der Waals surface area contributed by atoms with Gasteiger partial charge in [0.15, 0.2) is 0 Å². The average Bonchev–Trinajstić information content (AvgIpc) is 2.66. The van der Waals surface area contributed by atoms with Gasteiger partial charge in [0, 0.05) is 29.1 Å². The van der Waals surface area contributed by atoms with Crippen LogP contribution in [-0.2, 0) is 0 Å². The molecule has 19 heavy (non-hydrogen) atoms. The van der Waals surface area contributed by atoms with E-state index in [1.807, 2.05) is 30.0 Å². The molecular formula is C15H19Cl2NO. The number of carbonyl (C=O) groups excluding carboxylic acids is 1. The molecular weight excluding hydrogens is 281 g/mol. The van der Waals surface area contributed by atoms with Gasteiger partial charge in [-0.15, -0.1) is 11.6 Å². The molecule has 1 fully saturated rings. The highest BCUT2D eigenvalue weighted by molar-refractivity contribution is 6.31. The summed E-state index contributed by atoms with van der Waals surface area (Å²) in [5.74, 6) is 0.568. The number of hydrogen-bond acceptors (Lipinski definition) is 1. The fourth-order valence-electron chi connectivity index (χ4n) is 2.60. The zero-order valence-electron chi connectivity index (χ0n) is 11.2. The standard InChI is InChI=1S/C15H19Cl2NO/c1-11-13(7-5-8-14(11)17)15(19)18-9-4-2-3-6-12(18)10-16/h5,7-8,12H,2-4,6,9-10H2,1H3. The molecule has 2 rings (SSSR count). The van der Waals surface area contributed by atoms with Gasteiger partial charge in [-0.1, -0.05) is 30.5 Å². The van der Waals surface area contributed by atoms with Gasteiger partial charge in [0.05, 0.1) is 0 Å². The van der Waals surface area contributed by atoms with E-state index in [9.17, 15) is 4.79 Å². The molecule has 1 aromatic carbocycles. The van der Waals surface area contributed by atoms with Crippen molar-refractivity contribution in [1.82, 2.24) is 4.90 Å². The lowest BCUT2D eigenvalue weighted by Gasteiger charge is -2.29. The Hall–Kier alpha value is -0.730. The summed E-state index contributed by atoms with van der Waals surface area (Å²) in [5, 5.41) is 0.642. The summed E-state index contributed by atoms with van der Waals surface area (Å²) in [5.41, 5.74) is 1.55. The molecule has 1 unspecified atom stereocenters. The SMILES string of the molecule is Cc1c(Cl)cccc1C(=O)N1CCCCCC1CCl. The Morgan fingerprint density at radius 2 is 2.16 bits per heavy atom. The molecule has 1 heterocycles. The van der Waals surface area contributed by atoms with E-state index in [4.69, 9.17) is 23.2 Å². The minimum absolute atomic E-state index is 0.0625. The molecule has 0 radical (unpaired) electrons. The first-order valence-corrected chi connectivity index (χ1v) is 7.68. The number of alkyl halides is 1. The maximum Gasteiger partial charge on any atom is 0.254 e. The Bertz CT molecular complexity index is 461. The maximum absolute atomic E-state index is 12.7. The predicted molar refractivity (Wildman–Crippen MR) is 80.2 cm³/mol. The summed E-state index contributed by atoms with van der Waals surface area (Å²) >= 11 is 12.1. The highest BCUT2D eigenvalue weighted by atomic mass is 35.5. The van der Waals surface area contributed by atoms with Crippen LogP contribution in [0.2, 0.25) is 5.02 Å². The molecule has 0 aromatic heterocycles. The Balaban J connectivity index is 2.28. The normalized spacial score (nSPS) is 20.2. The van der Waals surface area contributed by atoms with Crippen molar-refractivity contribution in [3.63, 3.8) is 0 Å². The number of amides is 1. The second-order valence-electron chi connectivity index (χ2n) is 5.07. The molecule has 1 aliphatic heterocycles. The van der Waals surface area contributed by atoms with Gasteiger partial charge in [-0.3, -0.25) is 4.79 Å². The number of likely N-dealkylation sites (tertiary alicyclic amines) is 1. The number of benzene rings is 1. The fraction of sp³-hybridized carbons (Fsp3) is 0.533. The second-order valence-corrected chi connectivity index (χ2v) is 5.78. The first-order valence-electron chi connectivity index (χ1n) is 6.77. The van der Waals surface area contributed by atoms with Crippen molar-refractivity contribution in [2.75, 3.05) is 12.4 Å². The molecule has 0 N–H and O–H groups in total. The summed E-state index contributed by atoms with van der Waals surface area (Å²) in [4.78, 5) is 14.6. The maximum atomic E-state index is 12.7. The van der Waals surface area contributed by atoms with Crippen LogP contribution in [0, 0.1) is 6.92 Å². The Labute approximate surface area is 124 Å². The summed E-state index contributed by atoms with van der Waals surface area (Å²) in [6.45, 7) is 2.69. The average molecular weight is 300 g/mol. The smallest absolute Gasteiger partial charge is 0.254 e. The molecule has 0 spiro atoms. The summed E-state index contributed by atoms with van der Waals surface area (Å²) in [6.07, 6.45) is 4.37. The molecule has 4 heteroatoms. The van der Waals surface area contributed by atoms with Crippen LogP contribution in [0.5, 0.6) is 0 Å². The van der Waals surface area contributed by atoms with Crippen molar-refractivity contribution < 1.29 is 4.79 Å². The van der Waals surface area contributed by atoms with Crippen molar-refractivity contribution in [2.24, 2.45) is 0 Å².